The molecule has 3 aromatic rings. The molecule has 4 heteroatoms. The predicted molar refractivity (Wildman–Crippen MR) is 88.9 cm³/mol. The van der Waals surface area contributed by atoms with Crippen molar-refractivity contribution in [2.24, 2.45) is 0 Å². The zero-order valence-electron chi connectivity index (χ0n) is 12.4. The van der Waals surface area contributed by atoms with Gasteiger partial charge in [0.1, 0.15) is 5.75 Å². The molecule has 0 saturated carbocycles. The first-order chi connectivity index (χ1) is 10.7. The summed E-state index contributed by atoms with van der Waals surface area (Å²) < 4.78 is 7.47. The van der Waals surface area contributed by atoms with Gasteiger partial charge in [-0.2, -0.15) is 5.26 Å². The third-order valence-electron chi connectivity index (χ3n) is 3.88. The Morgan fingerprint density at radius 2 is 1.91 bits per heavy atom. The summed E-state index contributed by atoms with van der Waals surface area (Å²) in [6, 6.07) is 15.9. The van der Waals surface area contributed by atoms with E-state index >= 15 is 0 Å². The summed E-state index contributed by atoms with van der Waals surface area (Å²) in [4.78, 5) is 0. The number of halogens is 1. The van der Waals surface area contributed by atoms with Crippen LogP contribution in [0.25, 0.3) is 16.6 Å². The van der Waals surface area contributed by atoms with Gasteiger partial charge in [-0.05, 0) is 55.0 Å². The minimum Gasteiger partial charge on any atom is -0.497 e. The monoisotopic (exact) mass is 310 g/mol. The average molecular weight is 311 g/mol. The van der Waals surface area contributed by atoms with Gasteiger partial charge >= 0.3 is 0 Å². The number of nitriles is 1. The minimum atomic E-state index is 0.371. The van der Waals surface area contributed by atoms with Crippen LogP contribution >= 0.6 is 11.6 Å². The highest BCUT2D eigenvalue weighted by molar-refractivity contribution is 6.30. The van der Waals surface area contributed by atoms with Crippen LogP contribution in [0.3, 0.4) is 0 Å². The molecule has 0 spiro atoms. The molecule has 3 nitrogen and oxygen atoms in total. The van der Waals surface area contributed by atoms with Gasteiger partial charge in [-0.3, -0.25) is 0 Å². The summed E-state index contributed by atoms with van der Waals surface area (Å²) in [5.74, 6) is 0.792. The zero-order chi connectivity index (χ0) is 15.7. The fraction of sp³-hybridized carbons (Fsp3) is 0.167. The molecule has 0 unspecified atom stereocenters. The van der Waals surface area contributed by atoms with Crippen molar-refractivity contribution in [2.45, 2.75) is 13.3 Å². The number of nitrogens with zero attached hydrogens (tertiary/aromatic N) is 2. The second kappa shape index (κ2) is 5.75. The summed E-state index contributed by atoms with van der Waals surface area (Å²) in [5.41, 5.74) is 4.19. The Labute approximate surface area is 134 Å². The van der Waals surface area contributed by atoms with Crippen molar-refractivity contribution in [1.29, 1.82) is 5.26 Å². The maximum atomic E-state index is 9.14. The molecule has 0 aliphatic rings. The predicted octanol–water partition coefficient (Wildman–Crippen LogP) is 4.67. The van der Waals surface area contributed by atoms with E-state index in [9.17, 15) is 0 Å². The van der Waals surface area contributed by atoms with Crippen LogP contribution in [0.5, 0.6) is 5.75 Å². The van der Waals surface area contributed by atoms with Crippen LogP contribution < -0.4 is 4.74 Å². The molecule has 3 rings (SSSR count). The van der Waals surface area contributed by atoms with Crippen LogP contribution in [-0.4, -0.2) is 11.7 Å². The van der Waals surface area contributed by atoms with Crippen molar-refractivity contribution in [3.05, 3.63) is 58.7 Å². The molecule has 0 saturated heterocycles. The van der Waals surface area contributed by atoms with E-state index in [2.05, 4.69) is 10.6 Å². The number of methoxy groups -OCH3 is 1. The molecule has 0 bridgehead atoms. The quantitative estimate of drug-likeness (QED) is 0.705. The van der Waals surface area contributed by atoms with Crippen LogP contribution in [0.4, 0.5) is 0 Å². The zero-order valence-corrected chi connectivity index (χ0v) is 13.2. The van der Waals surface area contributed by atoms with Crippen molar-refractivity contribution in [1.82, 2.24) is 4.57 Å². The van der Waals surface area contributed by atoms with Gasteiger partial charge in [0.2, 0.25) is 0 Å². The first-order valence-corrected chi connectivity index (χ1v) is 7.34. The number of hydrogen-bond donors (Lipinski definition) is 0. The molecule has 1 heterocycles. The molecular weight excluding hydrogens is 296 g/mol. The summed E-state index contributed by atoms with van der Waals surface area (Å²) in [6.45, 7) is 2.04. The van der Waals surface area contributed by atoms with E-state index in [0.29, 0.717) is 11.4 Å². The molecule has 0 radical (unpaired) electrons. The molecule has 0 fully saturated rings. The van der Waals surface area contributed by atoms with Crippen molar-refractivity contribution < 1.29 is 4.74 Å². The lowest BCUT2D eigenvalue weighted by Crippen LogP contribution is -1.97. The third-order valence-corrected chi connectivity index (χ3v) is 4.13. The van der Waals surface area contributed by atoms with Gasteiger partial charge in [-0.1, -0.05) is 11.6 Å². The highest BCUT2D eigenvalue weighted by Crippen LogP contribution is 2.32. The van der Waals surface area contributed by atoms with E-state index in [-0.39, 0.29) is 0 Å². The number of benzene rings is 2. The van der Waals surface area contributed by atoms with Gasteiger partial charge in [-0.15, -0.1) is 0 Å². The van der Waals surface area contributed by atoms with Crippen LogP contribution in [0.15, 0.2) is 42.5 Å². The lowest BCUT2D eigenvalue weighted by atomic mass is 10.1. The van der Waals surface area contributed by atoms with E-state index < -0.39 is 0 Å². The Balaban J connectivity index is 2.32. The van der Waals surface area contributed by atoms with E-state index in [1.807, 2.05) is 49.4 Å². The fourth-order valence-electron chi connectivity index (χ4n) is 2.81. The number of ether oxygens (including phenoxy) is 1. The van der Waals surface area contributed by atoms with Gasteiger partial charge in [0.15, 0.2) is 0 Å². The summed E-state index contributed by atoms with van der Waals surface area (Å²) in [6.07, 6.45) is 0.371. The second-order valence-electron chi connectivity index (χ2n) is 5.09. The van der Waals surface area contributed by atoms with Crippen molar-refractivity contribution in [3.8, 4) is 17.5 Å². The number of hydrogen-bond acceptors (Lipinski definition) is 2. The Kier molecular flexibility index (Phi) is 3.79. The number of fused-ring (bicyclic) bond motifs is 1. The molecule has 1 aromatic heterocycles. The second-order valence-corrected chi connectivity index (χ2v) is 5.53. The van der Waals surface area contributed by atoms with Gasteiger partial charge in [0.25, 0.3) is 0 Å². The normalized spacial score (nSPS) is 10.6. The fourth-order valence-corrected chi connectivity index (χ4v) is 2.94. The van der Waals surface area contributed by atoms with Crippen LogP contribution in [0.2, 0.25) is 5.02 Å². The average Bonchev–Trinajstić information content (AvgIpc) is 2.80. The molecule has 22 heavy (non-hydrogen) atoms. The maximum Gasteiger partial charge on any atom is 0.119 e. The Morgan fingerprint density at radius 3 is 2.55 bits per heavy atom. The molecular formula is C18H15ClN2O. The molecule has 0 aliphatic heterocycles. The van der Waals surface area contributed by atoms with Crippen molar-refractivity contribution >= 4 is 22.5 Å². The van der Waals surface area contributed by atoms with Crippen LogP contribution in [-0.2, 0) is 6.42 Å². The standard InChI is InChI=1S/C18H15ClN2O/c1-12-16(9-10-20)17-11-15(22-2)7-8-18(17)21(12)14-5-3-13(19)4-6-14/h3-8,11H,9H2,1-2H3. The lowest BCUT2D eigenvalue weighted by Gasteiger charge is -2.09. The van der Waals surface area contributed by atoms with Gasteiger partial charge < -0.3 is 9.30 Å². The first-order valence-electron chi connectivity index (χ1n) is 6.96. The number of rotatable bonds is 3. The van der Waals surface area contributed by atoms with Crippen molar-refractivity contribution in [2.75, 3.05) is 7.11 Å². The molecule has 0 atom stereocenters. The third kappa shape index (κ3) is 2.32. The van der Waals surface area contributed by atoms with E-state index in [0.717, 1.165) is 33.6 Å². The summed E-state index contributed by atoms with van der Waals surface area (Å²) >= 11 is 5.98. The van der Waals surface area contributed by atoms with Gasteiger partial charge in [0, 0.05) is 21.8 Å². The highest BCUT2D eigenvalue weighted by Gasteiger charge is 2.15. The maximum absolute atomic E-state index is 9.14. The Hall–Kier alpha value is -2.44. The molecule has 0 aliphatic carbocycles. The van der Waals surface area contributed by atoms with E-state index in [4.69, 9.17) is 21.6 Å². The van der Waals surface area contributed by atoms with Crippen LogP contribution in [0, 0.1) is 18.3 Å². The SMILES string of the molecule is COc1ccc2c(c1)c(CC#N)c(C)n2-c1ccc(Cl)cc1. The van der Waals surface area contributed by atoms with Gasteiger partial charge in [0.05, 0.1) is 25.1 Å². The smallest absolute Gasteiger partial charge is 0.119 e. The molecule has 0 amide bonds. The first kappa shape index (κ1) is 14.5. The highest BCUT2D eigenvalue weighted by atomic mass is 35.5. The van der Waals surface area contributed by atoms with Gasteiger partial charge in [-0.25, -0.2) is 0 Å². The summed E-state index contributed by atoms with van der Waals surface area (Å²) in [5, 5.41) is 10.9. The summed E-state index contributed by atoms with van der Waals surface area (Å²) in [7, 11) is 1.65. The van der Waals surface area contributed by atoms with Crippen LogP contribution in [0.1, 0.15) is 11.3 Å². The van der Waals surface area contributed by atoms with Crippen molar-refractivity contribution in [3.63, 3.8) is 0 Å². The molecule has 2 aromatic carbocycles. The van der Waals surface area contributed by atoms with E-state index in [1.54, 1.807) is 7.11 Å². The Morgan fingerprint density at radius 1 is 1.18 bits per heavy atom. The largest absolute Gasteiger partial charge is 0.497 e. The topological polar surface area (TPSA) is 37.9 Å². The Bertz CT molecular complexity index is 873. The molecule has 0 N–H and O–H groups in total. The van der Waals surface area contributed by atoms with E-state index in [1.165, 1.54) is 0 Å². The number of aromatic nitrogens is 1. The lowest BCUT2D eigenvalue weighted by molar-refractivity contribution is 0.415. The minimum absolute atomic E-state index is 0.371. The molecule has 110 valence electrons.